The van der Waals surface area contributed by atoms with Crippen molar-refractivity contribution in [2.45, 2.75) is 62.9 Å². The van der Waals surface area contributed by atoms with Gasteiger partial charge in [-0.15, -0.1) is 0 Å². The number of likely N-dealkylation sites (N-methyl/N-ethyl adjacent to an activating group) is 1. The average molecular weight is 489 g/mol. The lowest BCUT2D eigenvalue weighted by molar-refractivity contribution is -0.136. The highest BCUT2D eigenvalue weighted by atomic mass is 32.2. The number of nitrogens with zero attached hydrogens (tertiary/aromatic N) is 4. The quantitative estimate of drug-likeness (QED) is 0.655. The van der Waals surface area contributed by atoms with Gasteiger partial charge >= 0.3 is 0 Å². The third kappa shape index (κ3) is 3.54. The molecule has 0 bridgehead atoms. The van der Waals surface area contributed by atoms with Crippen molar-refractivity contribution in [3.63, 3.8) is 0 Å². The van der Waals surface area contributed by atoms with Crippen LogP contribution in [0.2, 0.25) is 0 Å². The Hall–Kier alpha value is -2.72. The van der Waals surface area contributed by atoms with Gasteiger partial charge in [0, 0.05) is 38.8 Å². The number of piperidine rings is 1. The fraction of sp³-hybridized carbons (Fsp3) is 0.542. The van der Waals surface area contributed by atoms with E-state index in [1.807, 2.05) is 36.9 Å². The van der Waals surface area contributed by atoms with Crippen LogP contribution in [0.15, 0.2) is 33.7 Å². The number of carbonyl (C=O) groups excluding carboxylic acids is 2. The molecule has 0 radical (unpaired) electrons. The summed E-state index contributed by atoms with van der Waals surface area (Å²) in [5, 5.41) is 3.80. The minimum absolute atomic E-state index is 0.0902. The van der Waals surface area contributed by atoms with E-state index in [4.69, 9.17) is 4.52 Å². The van der Waals surface area contributed by atoms with Gasteiger partial charge in [-0.05, 0) is 52.2 Å². The second-order valence-corrected chi connectivity index (χ2v) is 11.6. The molecule has 0 N–H and O–H groups in total. The Kier molecular flexibility index (Phi) is 6.10. The molecule has 9 nitrogen and oxygen atoms in total. The number of fused-ring (bicyclic) bond motifs is 1. The summed E-state index contributed by atoms with van der Waals surface area (Å²) >= 11 is 0. The van der Waals surface area contributed by atoms with Crippen molar-refractivity contribution in [2.24, 2.45) is 0 Å². The standard InChI is InChI=1S/C24H32N4O5S/c1-15(2)28-22(29)19-10-8-7-9-18(19)20(23(30)26(5)6)24(28)11-13-27(14-12-24)34(31,32)21-16(3)25-33-17(21)4/h7-10,15,20H,11-14H2,1-6H3. The highest BCUT2D eigenvalue weighted by molar-refractivity contribution is 7.89. The maximum Gasteiger partial charge on any atom is 0.254 e. The molecule has 34 heavy (non-hydrogen) atoms. The van der Waals surface area contributed by atoms with Crippen molar-refractivity contribution in [2.75, 3.05) is 27.2 Å². The van der Waals surface area contributed by atoms with Crippen molar-refractivity contribution in [3.05, 3.63) is 46.8 Å². The van der Waals surface area contributed by atoms with Crippen molar-refractivity contribution in [3.8, 4) is 0 Å². The summed E-state index contributed by atoms with van der Waals surface area (Å²) in [4.78, 5) is 30.7. The Morgan fingerprint density at radius 3 is 2.32 bits per heavy atom. The third-order valence-electron chi connectivity index (χ3n) is 7.10. The molecular weight excluding hydrogens is 456 g/mol. The Morgan fingerprint density at radius 1 is 1.18 bits per heavy atom. The predicted molar refractivity (Wildman–Crippen MR) is 126 cm³/mol. The minimum atomic E-state index is -3.82. The van der Waals surface area contributed by atoms with E-state index in [1.54, 1.807) is 38.9 Å². The molecule has 2 amide bonds. The first-order valence-corrected chi connectivity index (χ1v) is 12.9. The van der Waals surface area contributed by atoms with E-state index in [-0.39, 0.29) is 41.6 Å². The zero-order valence-corrected chi connectivity index (χ0v) is 21.3. The molecule has 1 fully saturated rings. The van der Waals surface area contributed by atoms with Crippen LogP contribution in [0.1, 0.15) is 60.0 Å². The largest absolute Gasteiger partial charge is 0.360 e. The van der Waals surface area contributed by atoms with Crippen LogP contribution in [-0.2, 0) is 14.8 Å². The van der Waals surface area contributed by atoms with E-state index in [2.05, 4.69) is 5.16 Å². The van der Waals surface area contributed by atoms with Gasteiger partial charge in [0.25, 0.3) is 5.91 Å². The van der Waals surface area contributed by atoms with Crippen molar-refractivity contribution in [1.82, 2.24) is 19.3 Å². The van der Waals surface area contributed by atoms with Crippen LogP contribution >= 0.6 is 0 Å². The van der Waals surface area contributed by atoms with Gasteiger partial charge in [-0.25, -0.2) is 8.42 Å². The number of aryl methyl sites for hydroxylation is 2. The molecule has 1 unspecified atom stereocenters. The van der Waals surface area contributed by atoms with Gasteiger partial charge in [0.2, 0.25) is 15.9 Å². The number of carbonyl (C=O) groups is 2. The summed E-state index contributed by atoms with van der Waals surface area (Å²) in [6.07, 6.45) is 0.691. The molecule has 1 aromatic carbocycles. The molecular formula is C24H32N4O5S. The molecule has 3 heterocycles. The topological polar surface area (TPSA) is 104 Å². The summed E-state index contributed by atoms with van der Waals surface area (Å²) in [5.41, 5.74) is 0.744. The number of hydrogen-bond acceptors (Lipinski definition) is 6. The third-order valence-corrected chi connectivity index (χ3v) is 9.24. The molecule has 0 aliphatic carbocycles. The molecule has 1 saturated heterocycles. The fourth-order valence-electron chi connectivity index (χ4n) is 5.69. The SMILES string of the molecule is Cc1noc(C)c1S(=O)(=O)N1CCC2(CC1)C(C(=O)N(C)C)c1ccccc1C(=O)N2C(C)C. The highest BCUT2D eigenvalue weighted by Crippen LogP contribution is 2.49. The van der Waals surface area contributed by atoms with Crippen molar-refractivity contribution in [1.29, 1.82) is 0 Å². The normalized spacial score (nSPS) is 20.6. The zero-order valence-electron chi connectivity index (χ0n) is 20.5. The molecule has 1 spiro atoms. The molecule has 2 aliphatic rings. The van der Waals surface area contributed by atoms with Crippen LogP contribution in [0.4, 0.5) is 0 Å². The van der Waals surface area contributed by atoms with Gasteiger partial charge < -0.3 is 14.3 Å². The minimum Gasteiger partial charge on any atom is -0.360 e. The van der Waals surface area contributed by atoms with Crippen LogP contribution in [0.25, 0.3) is 0 Å². The lowest BCUT2D eigenvalue weighted by Gasteiger charge is -2.56. The second-order valence-electron chi connectivity index (χ2n) is 9.68. The lowest BCUT2D eigenvalue weighted by Crippen LogP contribution is -2.67. The van der Waals surface area contributed by atoms with Crippen LogP contribution in [0.5, 0.6) is 0 Å². The lowest BCUT2D eigenvalue weighted by atomic mass is 9.67. The van der Waals surface area contributed by atoms with Gasteiger partial charge in [0.05, 0.1) is 11.5 Å². The molecule has 0 saturated carbocycles. The first kappa shape index (κ1) is 24.4. The van der Waals surface area contributed by atoms with E-state index < -0.39 is 21.5 Å². The predicted octanol–water partition coefficient (Wildman–Crippen LogP) is 2.55. The number of amides is 2. The van der Waals surface area contributed by atoms with Crippen LogP contribution < -0.4 is 0 Å². The molecule has 2 aliphatic heterocycles. The smallest absolute Gasteiger partial charge is 0.254 e. The summed E-state index contributed by atoms with van der Waals surface area (Å²) < 4.78 is 33.4. The monoisotopic (exact) mass is 488 g/mol. The van der Waals surface area contributed by atoms with Crippen LogP contribution in [0, 0.1) is 13.8 Å². The van der Waals surface area contributed by atoms with E-state index in [0.29, 0.717) is 29.7 Å². The maximum absolute atomic E-state index is 13.7. The Labute approximate surface area is 200 Å². The van der Waals surface area contributed by atoms with Crippen molar-refractivity contribution >= 4 is 21.8 Å². The highest BCUT2D eigenvalue weighted by Gasteiger charge is 2.57. The molecule has 2 aromatic rings. The summed E-state index contributed by atoms with van der Waals surface area (Å²) in [5.74, 6) is -0.533. The number of sulfonamides is 1. The van der Waals surface area contributed by atoms with Gasteiger partial charge in [-0.2, -0.15) is 4.31 Å². The number of rotatable bonds is 4. The fourth-order valence-corrected chi connectivity index (χ4v) is 7.42. The second kappa shape index (κ2) is 8.49. The number of aromatic nitrogens is 1. The van der Waals surface area contributed by atoms with Gasteiger partial charge in [-0.1, -0.05) is 23.4 Å². The first-order valence-electron chi connectivity index (χ1n) is 11.5. The van der Waals surface area contributed by atoms with E-state index in [1.165, 1.54) is 4.31 Å². The van der Waals surface area contributed by atoms with E-state index in [9.17, 15) is 18.0 Å². The molecule has 1 aromatic heterocycles. The van der Waals surface area contributed by atoms with Gasteiger partial charge in [-0.3, -0.25) is 9.59 Å². The van der Waals surface area contributed by atoms with E-state index >= 15 is 0 Å². The zero-order chi connectivity index (χ0) is 25.0. The van der Waals surface area contributed by atoms with Gasteiger partial charge in [0.1, 0.15) is 10.6 Å². The summed E-state index contributed by atoms with van der Waals surface area (Å²) in [6.45, 7) is 7.44. The molecule has 4 rings (SSSR count). The first-order chi connectivity index (χ1) is 15.9. The molecule has 184 valence electrons. The van der Waals surface area contributed by atoms with Crippen LogP contribution in [0.3, 0.4) is 0 Å². The summed E-state index contributed by atoms with van der Waals surface area (Å²) in [6, 6.07) is 7.11. The van der Waals surface area contributed by atoms with Crippen molar-refractivity contribution < 1.29 is 22.5 Å². The number of hydrogen-bond donors (Lipinski definition) is 0. The molecule has 10 heteroatoms. The Morgan fingerprint density at radius 2 is 1.79 bits per heavy atom. The Balaban J connectivity index is 1.79. The maximum atomic E-state index is 13.7. The Bertz CT molecular complexity index is 1210. The number of benzene rings is 1. The molecule has 1 atom stereocenters. The van der Waals surface area contributed by atoms with Crippen LogP contribution in [-0.4, -0.2) is 78.3 Å². The average Bonchev–Trinajstić information content (AvgIpc) is 3.12. The summed E-state index contributed by atoms with van der Waals surface area (Å²) in [7, 11) is -0.395. The van der Waals surface area contributed by atoms with Gasteiger partial charge in [0.15, 0.2) is 5.76 Å². The van der Waals surface area contributed by atoms with E-state index in [0.717, 1.165) is 0 Å².